The Labute approximate surface area is 129 Å². The van der Waals surface area contributed by atoms with Crippen molar-refractivity contribution in [2.24, 2.45) is 5.84 Å². The molecule has 4 nitrogen and oxygen atoms in total. The summed E-state index contributed by atoms with van der Waals surface area (Å²) in [5.74, 6) is 6.35. The van der Waals surface area contributed by atoms with E-state index in [1.54, 1.807) is 0 Å². The lowest BCUT2D eigenvalue weighted by Crippen LogP contribution is -2.05. The predicted molar refractivity (Wildman–Crippen MR) is 87.6 cm³/mol. The van der Waals surface area contributed by atoms with Crippen LogP contribution in [0.15, 0.2) is 48.5 Å². The van der Waals surface area contributed by atoms with E-state index in [4.69, 9.17) is 5.84 Å². The molecule has 1 aromatic heterocycles. The Morgan fingerprint density at radius 1 is 1.05 bits per heavy atom. The molecule has 4 N–H and O–H groups in total. The van der Waals surface area contributed by atoms with E-state index in [1.165, 1.54) is 5.56 Å². The lowest BCUT2D eigenvalue weighted by atomic mass is 10.1. The maximum Gasteiger partial charge on any atom is 0.111 e. The average molecular weight is 311 g/mol. The van der Waals surface area contributed by atoms with Crippen LogP contribution in [0.4, 0.5) is 5.69 Å². The summed E-state index contributed by atoms with van der Waals surface area (Å²) < 4.78 is 0. The van der Waals surface area contributed by atoms with Gasteiger partial charge in [-0.2, -0.15) is 0 Å². The van der Waals surface area contributed by atoms with Crippen molar-refractivity contribution in [1.82, 2.24) is 9.97 Å². The molecule has 0 aliphatic rings. The molecule has 6 heteroatoms. The minimum Gasteiger partial charge on any atom is -0.342 e. The molecule has 0 radical (unpaired) electrons. The van der Waals surface area contributed by atoms with Gasteiger partial charge in [0.15, 0.2) is 0 Å². The van der Waals surface area contributed by atoms with Crippen molar-refractivity contribution in [3.8, 4) is 0 Å². The highest BCUT2D eigenvalue weighted by Gasteiger charge is 2.04. The molecular formula is C14H16Cl2N4. The highest BCUT2D eigenvalue weighted by atomic mass is 35.5. The molecule has 0 spiro atoms. The number of benzene rings is 2. The van der Waals surface area contributed by atoms with Crippen molar-refractivity contribution in [3.63, 3.8) is 0 Å². The number of nitrogens with one attached hydrogen (secondary N) is 2. The molecule has 0 aliphatic heterocycles. The van der Waals surface area contributed by atoms with Crippen molar-refractivity contribution in [2.45, 2.75) is 6.42 Å². The van der Waals surface area contributed by atoms with E-state index in [-0.39, 0.29) is 24.8 Å². The van der Waals surface area contributed by atoms with Crippen LogP contribution in [-0.2, 0) is 6.42 Å². The second kappa shape index (κ2) is 7.14. The predicted octanol–water partition coefficient (Wildman–Crippen LogP) is 3.28. The first-order chi connectivity index (χ1) is 8.85. The number of hydrazine groups is 1. The molecule has 0 aliphatic carbocycles. The summed E-state index contributed by atoms with van der Waals surface area (Å²) in [7, 11) is 0. The van der Waals surface area contributed by atoms with Gasteiger partial charge in [-0.15, -0.1) is 24.8 Å². The summed E-state index contributed by atoms with van der Waals surface area (Å²) >= 11 is 0. The van der Waals surface area contributed by atoms with Crippen LogP contribution in [0, 0.1) is 0 Å². The van der Waals surface area contributed by atoms with Gasteiger partial charge in [-0.05, 0) is 23.8 Å². The number of anilines is 1. The molecule has 0 unspecified atom stereocenters. The summed E-state index contributed by atoms with van der Waals surface area (Å²) in [5.41, 5.74) is 6.68. The molecule has 0 fully saturated rings. The maximum absolute atomic E-state index is 5.38. The number of hydrogen-bond acceptors (Lipinski definition) is 3. The van der Waals surface area contributed by atoms with Crippen molar-refractivity contribution in [3.05, 3.63) is 59.9 Å². The third kappa shape index (κ3) is 3.42. The quantitative estimate of drug-likeness (QED) is 0.514. The zero-order chi connectivity index (χ0) is 12.4. The molecule has 20 heavy (non-hydrogen) atoms. The number of rotatable bonds is 3. The van der Waals surface area contributed by atoms with E-state index in [0.717, 1.165) is 29.0 Å². The first kappa shape index (κ1) is 16.3. The normalized spacial score (nSPS) is 9.65. The van der Waals surface area contributed by atoms with E-state index in [1.807, 2.05) is 36.4 Å². The summed E-state index contributed by atoms with van der Waals surface area (Å²) in [5, 5.41) is 0. The highest BCUT2D eigenvalue weighted by Crippen LogP contribution is 2.17. The number of fused-ring (bicyclic) bond motifs is 1. The van der Waals surface area contributed by atoms with Gasteiger partial charge in [-0.25, -0.2) is 4.98 Å². The fraction of sp³-hybridized carbons (Fsp3) is 0.0714. The molecule has 2 aromatic carbocycles. The summed E-state index contributed by atoms with van der Waals surface area (Å²) in [6, 6.07) is 16.1. The van der Waals surface area contributed by atoms with Crippen LogP contribution in [-0.4, -0.2) is 9.97 Å². The SMILES string of the molecule is Cl.Cl.NNc1ccc2[nH]c(Cc3ccccc3)nc2c1. The molecule has 106 valence electrons. The maximum atomic E-state index is 5.38. The molecule has 0 saturated carbocycles. The molecule has 3 rings (SSSR count). The first-order valence-electron chi connectivity index (χ1n) is 5.84. The molecular weight excluding hydrogens is 295 g/mol. The summed E-state index contributed by atoms with van der Waals surface area (Å²) in [6.07, 6.45) is 0.806. The topological polar surface area (TPSA) is 66.7 Å². The number of aromatic nitrogens is 2. The van der Waals surface area contributed by atoms with Crippen LogP contribution in [0.2, 0.25) is 0 Å². The van der Waals surface area contributed by atoms with Crippen LogP contribution in [0.25, 0.3) is 11.0 Å². The fourth-order valence-corrected chi connectivity index (χ4v) is 2.02. The van der Waals surface area contributed by atoms with Gasteiger partial charge in [-0.3, -0.25) is 5.84 Å². The molecule has 0 amide bonds. The Bertz CT molecular complexity index is 667. The monoisotopic (exact) mass is 310 g/mol. The molecule has 3 aromatic rings. The number of nitrogen functional groups attached to an aromatic ring is 1. The van der Waals surface area contributed by atoms with Gasteiger partial charge >= 0.3 is 0 Å². The van der Waals surface area contributed by atoms with Gasteiger partial charge in [0.25, 0.3) is 0 Å². The Balaban J connectivity index is 0.000001000. The van der Waals surface area contributed by atoms with Crippen molar-refractivity contribution < 1.29 is 0 Å². The zero-order valence-electron chi connectivity index (χ0n) is 10.7. The van der Waals surface area contributed by atoms with Crippen molar-refractivity contribution in [2.75, 3.05) is 5.43 Å². The van der Waals surface area contributed by atoms with E-state index >= 15 is 0 Å². The first-order valence-corrected chi connectivity index (χ1v) is 5.84. The number of halogens is 2. The Morgan fingerprint density at radius 3 is 2.50 bits per heavy atom. The molecule has 0 atom stereocenters. The number of imidazole rings is 1. The standard InChI is InChI=1S/C14H14N4.2ClH/c15-18-11-6-7-12-13(9-11)17-14(16-12)8-10-4-2-1-3-5-10;;/h1-7,9,18H,8,15H2,(H,16,17);2*1H. The van der Waals surface area contributed by atoms with Crippen molar-refractivity contribution in [1.29, 1.82) is 0 Å². The average Bonchev–Trinajstić information content (AvgIpc) is 2.80. The van der Waals surface area contributed by atoms with Crippen molar-refractivity contribution >= 4 is 41.5 Å². The minimum atomic E-state index is 0. The third-order valence-electron chi connectivity index (χ3n) is 2.91. The second-order valence-electron chi connectivity index (χ2n) is 4.22. The van der Waals surface area contributed by atoms with Gasteiger partial charge in [0.2, 0.25) is 0 Å². The van der Waals surface area contributed by atoms with Gasteiger partial charge in [0.05, 0.1) is 16.7 Å². The second-order valence-corrected chi connectivity index (χ2v) is 4.22. The number of nitrogens with two attached hydrogens (primary N) is 1. The smallest absolute Gasteiger partial charge is 0.111 e. The van der Waals surface area contributed by atoms with Gasteiger partial charge in [0.1, 0.15) is 5.82 Å². The number of H-pyrrole nitrogens is 1. The minimum absolute atomic E-state index is 0. The van der Waals surface area contributed by atoms with Gasteiger partial charge < -0.3 is 10.4 Å². The van der Waals surface area contributed by atoms with E-state index < -0.39 is 0 Å². The summed E-state index contributed by atoms with van der Waals surface area (Å²) in [4.78, 5) is 7.88. The van der Waals surface area contributed by atoms with Crippen LogP contribution in [0.5, 0.6) is 0 Å². The Kier molecular flexibility index (Phi) is 5.82. The van der Waals surface area contributed by atoms with Gasteiger partial charge in [-0.1, -0.05) is 30.3 Å². The molecule has 0 bridgehead atoms. The summed E-state index contributed by atoms with van der Waals surface area (Å²) in [6.45, 7) is 0. The number of nitrogens with zero attached hydrogens (tertiary/aromatic N) is 1. The third-order valence-corrected chi connectivity index (χ3v) is 2.91. The van der Waals surface area contributed by atoms with Crippen LogP contribution in [0.1, 0.15) is 11.4 Å². The lowest BCUT2D eigenvalue weighted by Gasteiger charge is -1.96. The van der Waals surface area contributed by atoms with Gasteiger partial charge in [0, 0.05) is 6.42 Å². The Hall–Kier alpha value is -1.75. The number of aromatic amines is 1. The highest BCUT2D eigenvalue weighted by molar-refractivity contribution is 5.85. The van der Waals surface area contributed by atoms with E-state index in [0.29, 0.717) is 0 Å². The number of hydrogen-bond donors (Lipinski definition) is 3. The van der Waals surface area contributed by atoms with Crippen LogP contribution >= 0.6 is 24.8 Å². The molecule has 0 saturated heterocycles. The van der Waals surface area contributed by atoms with E-state index in [2.05, 4.69) is 27.5 Å². The largest absolute Gasteiger partial charge is 0.342 e. The molecule has 1 heterocycles. The Morgan fingerprint density at radius 2 is 1.80 bits per heavy atom. The zero-order valence-corrected chi connectivity index (χ0v) is 12.3. The van der Waals surface area contributed by atoms with Crippen LogP contribution in [0.3, 0.4) is 0 Å². The van der Waals surface area contributed by atoms with E-state index in [9.17, 15) is 0 Å². The lowest BCUT2D eigenvalue weighted by molar-refractivity contribution is 1.04. The fourth-order valence-electron chi connectivity index (χ4n) is 2.02. The van der Waals surface area contributed by atoms with Crippen LogP contribution < -0.4 is 11.3 Å².